The summed E-state index contributed by atoms with van der Waals surface area (Å²) in [5, 5.41) is 10.8. The number of nitrogens with one attached hydrogen (secondary N) is 1. The molecule has 0 amide bonds. The zero-order valence-electron chi connectivity index (χ0n) is 7.29. The van der Waals surface area contributed by atoms with Crippen LogP contribution in [0.25, 0.3) is 0 Å². The summed E-state index contributed by atoms with van der Waals surface area (Å²) in [6.07, 6.45) is 3.27. The normalized spacial score (nSPS) is 16.1. The van der Waals surface area contributed by atoms with Gasteiger partial charge in [-0.15, -0.1) is 16.7 Å². The molecule has 0 radical (unpaired) electrons. The van der Waals surface area contributed by atoms with Crippen LogP contribution in [0.1, 0.15) is 18.7 Å². The van der Waals surface area contributed by atoms with Crippen LogP contribution in [0.2, 0.25) is 0 Å². The lowest BCUT2D eigenvalue weighted by Crippen LogP contribution is -2.02. The molecule has 1 heterocycles. The van der Waals surface area contributed by atoms with Gasteiger partial charge in [-0.3, -0.25) is 0 Å². The third kappa shape index (κ3) is 2.59. The highest BCUT2D eigenvalue weighted by molar-refractivity contribution is 6.17. The molecule has 1 fully saturated rings. The maximum absolute atomic E-state index is 5.53. The number of hydrogen-bond donors (Lipinski definition) is 1. The Hall–Kier alpha value is -0.770. The molecule has 1 aromatic rings. The summed E-state index contributed by atoms with van der Waals surface area (Å²) in [5.41, 5.74) is 0. The minimum absolute atomic E-state index is 0.518. The lowest BCUT2D eigenvalue weighted by atomic mass is 10.4. The summed E-state index contributed by atoms with van der Waals surface area (Å²) in [6, 6.07) is 0.520. The standard InChI is InChI=1S/C8H12ClN3O/c9-4-3-7-11-12-8(13-7)10-5-6-1-2-6/h6H,1-5H2,(H,10,12). The fourth-order valence-electron chi connectivity index (χ4n) is 1.06. The summed E-state index contributed by atoms with van der Waals surface area (Å²) in [4.78, 5) is 0. The minimum Gasteiger partial charge on any atom is -0.408 e. The second-order valence-electron chi connectivity index (χ2n) is 3.26. The fourth-order valence-corrected chi connectivity index (χ4v) is 1.22. The Kier molecular flexibility index (Phi) is 2.68. The average molecular weight is 202 g/mol. The van der Waals surface area contributed by atoms with E-state index in [1.54, 1.807) is 0 Å². The Morgan fingerprint density at radius 3 is 3.00 bits per heavy atom. The van der Waals surface area contributed by atoms with E-state index in [4.69, 9.17) is 16.0 Å². The first-order valence-corrected chi connectivity index (χ1v) is 5.04. The number of rotatable bonds is 5. The molecule has 0 atom stereocenters. The third-order valence-electron chi connectivity index (χ3n) is 2.01. The molecule has 0 aliphatic heterocycles. The summed E-state index contributed by atoms with van der Waals surface area (Å²) in [6.45, 7) is 0.947. The van der Waals surface area contributed by atoms with Crippen LogP contribution in [0.5, 0.6) is 0 Å². The number of alkyl halides is 1. The minimum atomic E-state index is 0.518. The van der Waals surface area contributed by atoms with Gasteiger partial charge in [-0.1, -0.05) is 5.10 Å². The van der Waals surface area contributed by atoms with Crippen LogP contribution in [-0.4, -0.2) is 22.6 Å². The van der Waals surface area contributed by atoms with Crippen LogP contribution in [0.4, 0.5) is 6.01 Å². The number of hydrogen-bond acceptors (Lipinski definition) is 4. The lowest BCUT2D eigenvalue weighted by Gasteiger charge is -1.96. The van der Waals surface area contributed by atoms with Crippen molar-refractivity contribution >= 4 is 17.6 Å². The first kappa shape index (κ1) is 8.81. The summed E-state index contributed by atoms with van der Waals surface area (Å²) in [5.74, 6) is 1.93. The molecule has 72 valence electrons. The van der Waals surface area contributed by atoms with Crippen molar-refractivity contribution in [3.63, 3.8) is 0 Å². The number of nitrogens with zero attached hydrogens (tertiary/aromatic N) is 2. The van der Waals surface area contributed by atoms with Crippen LogP contribution in [0.15, 0.2) is 4.42 Å². The molecule has 13 heavy (non-hydrogen) atoms. The molecular formula is C8H12ClN3O. The highest BCUT2D eigenvalue weighted by Gasteiger charge is 2.21. The molecule has 1 N–H and O–H groups in total. The first-order valence-electron chi connectivity index (χ1n) is 4.50. The van der Waals surface area contributed by atoms with E-state index in [9.17, 15) is 0 Å². The van der Waals surface area contributed by atoms with Crippen molar-refractivity contribution in [3.8, 4) is 0 Å². The molecule has 0 aromatic carbocycles. The Bertz CT molecular complexity index is 272. The van der Waals surface area contributed by atoms with E-state index >= 15 is 0 Å². The topological polar surface area (TPSA) is 51.0 Å². The van der Waals surface area contributed by atoms with Crippen molar-refractivity contribution in [2.45, 2.75) is 19.3 Å². The largest absolute Gasteiger partial charge is 0.408 e. The molecule has 4 nitrogen and oxygen atoms in total. The monoisotopic (exact) mass is 201 g/mol. The van der Waals surface area contributed by atoms with E-state index in [0.29, 0.717) is 24.2 Å². The molecular weight excluding hydrogens is 190 g/mol. The zero-order valence-corrected chi connectivity index (χ0v) is 8.05. The number of aromatic nitrogens is 2. The van der Waals surface area contributed by atoms with Gasteiger partial charge in [0.15, 0.2) is 0 Å². The number of aryl methyl sites for hydroxylation is 1. The second-order valence-corrected chi connectivity index (χ2v) is 3.64. The maximum Gasteiger partial charge on any atom is 0.315 e. The van der Waals surface area contributed by atoms with E-state index in [2.05, 4.69) is 15.5 Å². The Morgan fingerprint density at radius 2 is 2.31 bits per heavy atom. The van der Waals surface area contributed by atoms with Gasteiger partial charge in [0.2, 0.25) is 5.89 Å². The first-order chi connectivity index (χ1) is 6.38. The van der Waals surface area contributed by atoms with Gasteiger partial charge >= 0.3 is 6.01 Å². The van der Waals surface area contributed by atoms with Crippen molar-refractivity contribution < 1.29 is 4.42 Å². The van der Waals surface area contributed by atoms with E-state index in [1.165, 1.54) is 12.8 Å². The average Bonchev–Trinajstić information content (AvgIpc) is 2.85. The van der Waals surface area contributed by atoms with Gasteiger partial charge in [0.25, 0.3) is 0 Å². The quantitative estimate of drug-likeness (QED) is 0.737. The second kappa shape index (κ2) is 3.96. The molecule has 1 saturated carbocycles. The molecule has 0 bridgehead atoms. The van der Waals surface area contributed by atoms with E-state index in [1.807, 2.05) is 0 Å². The Balaban J connectivity index is 1.81. The summed E-state index contributed by atoms with van der Waals surface area (Å²) >= 11 is 5.53. The van der Waals surface area contributed by atoms with E-state index in [0.717, 1.165) is 12.5 Å². The summed E-state index contributed by atoms with van der Waals surface area (Å²) < 4.78 is 5.28. The molecule has 0 spiro atoms. The van der Waals surface area contributed by atoms with E-state index < -0.39 is 0 Å². The van der Waals surface area contributed by atoms with Crippen LogP contribution in [-0.2, 0) is 6.42 Å². The van der Waals surface area contributed by atoms with Gasteiger partial charge in [-0.05, 0) is 18.8 Å². The van der Waals surface area contributed by atoms with Crippen molar-refractivity contribution in [1.82, 2.24) is 10.2 Å². The molecule has 0 unspecified atom stereocenters. The van der Waals surface area contributed by atoms with Crippen LogP contribution in [0.3, 0.4) is 0 Å². The summed E-state index contributed by atoms with van der Waals surface area (Å²) in [7, 11) is 0. The number of anilines is 1. The third-order valence-corrected chi connectivity index (χ3v) is 2.20. The Labute approximate surface area is 81.7 Å². The van der Waals surface area contributed by atoms with Crippen LogP contribution in [0, 0.1) is 5.92 Å². The molecule has 1 aliphatic rings. The molecule has 1 aromatic heterocycles. The highest BCUT2D eigenvalue weighted by Crippen LogP contribution is 2.28. The van der Waals surface area contributed by atoms with Gasteiger partial charge in [0.05, 0.1) is 0 Å². The molecule has 1 aliphatic carbocycles. The SMILES string of the molecule is ClCCc1nnc(NCC2CC2)o1. The number of halogens is 1. The van der Waals surface area contributed by atoms with Gasteiger partial charge in [-0.2, -0.15) is 0 Å². The van der Waals surface area contributed by atoms with Gasteiger partial charge in [0.1, 0.15) is 0 Å². The van der Waals surface area contributed by atoms with Crippen molar-refractivity contribution in [2.75, 3.05) is 17.7 Å². The highest BCUT2D eigenvalue weighted by atomic mass is 35.5. The predicted molar refractivity (Wildman–Crippen MR) is 49.9 cm³/mol. The van der Waals surface area contributed by atoms with E-state index in [-0.39, 0.29) is 0 Å². The molecule has 5 heteroatoms. The van der Waals surface area contributed by atoms with Gasteiger partial charge in [-0.25, -0.2) is 0 Å². The van der Waals surface area contributed by atoms with Gasteiger partial charge in [0, 0.05) is 18.8 Å². The van der Waals surface area contributed by atoms with Crippen LogP contribution >= 0.6 is 11.6 Å². The van der Waals surface area contributed by atoms with Crippen molar-refractivity contribution in [2.24, 2.45) is 5.92 Å². The van der Waals surface area contributed by atoms with Crippen molar-refractivity contribution in [3.05, 3.63) is 5.89 Å². The molecule has 2 rings (SSSR count). The molecule has 0 saturated heterocycles. The Morgan fingerprint density at radius 1 is 1.46 bits per heavy atom. The predicted octanol–water partition coefficient (Wildman–Crippen LogP) is 1.67. The zero-order chi connectivity index (χ0) is 9.10. The maximum atomic E-state index is 5.53. The smallest absolute Gasteiger partial charge is 0.315 e. The van der Waals surface area contributed by atoms with Crippen LogP contribution < -0.4 is 5.32 Å². The fraction of sp³-hybridized carbons (Fsp3) is 0.750. The van der Waals surface area contributed by atoms with Gasteiger partial charge < -0.3 is 9.73 Å². The lowest BCUT2D eigenvalue weighted by molar-refractivity contribution is 0.511. The van der Waals surface area contributed by atoms with Crippen molar-refractivity contribution in [1.29, 1.82) is 0 Å².